The van der Waals surface area contributed by atoms with E-state index < -0.39 is 40.6 Å². The highest BCUT2D eigenvalue weighted by atomic mass is 16.4. The first-order valence-electron chi connectivity index (χ1n) is 6.44. The van der Waals surface area contributed by atoms with Crippen LogP contribution in [0, 0.1) is 0 Å². The number of carboxylic acids is 4. The van der Waals surface area contributed by atoms with E-state index in [4.69, 9.17) is 5.11 Å². The monoisotopic (exact) mass is 330 g/mol. The summed E-state index contributed by atoms with van der Waals surface area (Å²) in [7, 11) is 0. The van der Waals surface area contributed by atoms with E-state index in [-0.39, 0.29) is 16.7 Å². The summed E-state index contributed by atoms with van der Waals surface area (Å²) in [5.74, 6) is -5.74. The lowest BCUT2D eigenvalue weighted by atomic mass is 9.90. The van der Waals surface area contributed by atoms with E-state index in [2.05, 4.69) is 0 Å². The van der Waals surface area contributed by atoms with Crippen LogP contribution in [0.15, 0.2) is 36.4 Å². The normalized spacial score (nSPS) is 10.2. The number of carbonyl (C=O) groups is 4. The van der Waals surface area contributed by atoms with Gasteiger partial charge in [0.2, 0.25) is 0 Å². The van der Waals surface area contributed by atoms with Crippen molar-refractivity contribution in [3.63, 3.8) is 0 Å². The number of hydrogen-bond acceptors (Lipinski definition) is 4. The summed E-state index contributed by atoms with van der Waals surface area (Å²) in [5.41, 5.74) is -2.25. The van der Waals surface area contributed by atoms with E-state index in [1.165, 1.54) is 6.07 Å². The van der Waals surface area contributed by atoms with Crippen molar-refractivity contribution in [1.82, 2.24) is 0 Å². The molecule has 0 unspecified atom stereocenters. The quantitative estimate of drug-likeness (QED) is 0.651. The van der Waals surface area contributed by atoms with E-state index in [0.29, 0.717) is 0 Å². The molecule has 122 valence electrons. The lowest BCUT2D eigenvalue weighted by Gasteiger charge is -2.13. The fraction of sp³-hybridized carbons (Fsp3) is 0. The molecule has 0 aromatic heterocycles. The minimum Gasteiger partial charge on any atom is -0.478 e. The Balaban J connectivity index is 2.96. The molecule has 2 aromatic rings. The van der Waals surface area contributed by atoms with Crippen LogP contribution in [0.25, 0.3) is 11.1 Å². The molecule has 0 aliphatic carbocycles. The van der Waals surface area contributed by atoms with Crippen molar-refractivity contribution in [3.8, 4) is 11.1 Å². The Bertz CT molecular complexity index is 849. The molecule has 24 heavy (non-hydrogen) atoms. The molecule has 0 atom stereocenters. The second-order valence-electron chi connectivity index (χ2n) is 4.71. The maximum absolute atomic E-state index is 11.4. The summed E-state index contributed by atoms with van der Waals surface area (Å²) in [6, 6.07) is 6.41. The van der Waals surface area contributed by atoms with E-state index in [1.807, 2.05) is 0 Å². The molecule has 2 aromatic carbocycles. The van der Waals surface area contributed by atoms with Gasteiger partial charge in [-0.15, -0.1) is 0 Å². The molecule has 4 N–H and O–H groups in total. The zero-order chi connectivity index (χ0) is 18.0. The SMILES string of the molecule is O=C(O)c1ccc(C(=O)O)c(-c2c(C(=O)O)cccc2C(=O)O)c1. The third-order valence-electron chi connectivity index (χ3n) is 3.29. The number of aromatic carboxylic acids is 4. The molecule has 0 saturated carbocycles. The summed E-state index contributed by atoms with van der Waals surface area (Å²) >= 11 is 0. The van der Waals surface area contributed by atoms with Crippen LogP contribution in [-0.2, 0) is 0 Å². The minimum atomic E-state index is -1.47. The van der Waals surface area contributed by atoms with Gasteiger partial charge < -0.3 is 20.4 Å². The average Bonchev–Trinajstić information content (AvgIpc) is 2.53. The van der Waals surface area contributed by atoms with Crippen LogP contribution in [0.3, 0.4) is 0 Å². The van der Waals surface area contributed by atoms with E-state index in [9.17, 15) is 34.5 Å². The van der Waals surface area contributed by atoms with E-state index in [0.717, 1.165) is 30.3 Å². The van der Waals surface area contributed by atoms with Crippen LogP contribution in [-0.4, -0.2) is 44.3 Å². The molecule has 0 aliphatic rings. The molecule has 0 heterocycles. The van der Waals surface area contributed by atoms with Gasteiger partial charge >= 0.3 is 23.9 Å². The molecule has 8 heteroatoms. The third kappa shape index (κ3) is 2.93. The van der Waals surface area contributed by atoms with Crippen LogP contribution < -0.4 is 0 Å². The van der Waals surface area contributed by atoms with Crippen LogP contribution in [0.4, 0.5) is 0 Å². The van der Waals surface area contributed by atoms with Crippen molar-refractivity contribution in [2.24, 2.45) is 0 Å². The smallest absolute Gasteiger partial charge is 0.336 e. The Kier molecular flexibility index (Phi) is 4.32. The number of carboxylic acid groups (broad SMARTS) is 4. The van der Waals surface area contributed by atoms with Crippen LogP contribution in [0.1, 0.15) is 41.4 Å². The summed E-state index contributed by atoms with van der Waals surface area (Å²) in [6.07, 6.45) is 0. The average molecular weight is 330 g/mol. The molecule has 0 fully saturated rings. The van der Waals surface area contributed by atoms with Gasteiger partial charge in [-0.05, 0) is 35.9 Å². The maximum Gasteiger partial charge on any atom is 0.336 e. The first-order valence-corrected chi connectivity index (χ1v) is 6.44. The first-order chi connectivity index (χ1) is 11.2. The van der Waals surface area contributed by atoms with Gasteiger partial charge in [0.05, 0.1) is 22.3 Å². The van der Waals surface area contributed by atoms with Crippen LogP contribution in [0.2, 0.25) is 0 Å². The second-order valence-corrected chi connectivity index (χ2v) is 4.71. The summed E-state index contributed by atoms with van der Waals surface area (Å²) < 4.78 is 0. The molecule has 2 rings (SSSR count). The molecule has 8 nitrogen and oxygen atoms in total. The van der Waals surface area contributed by atoms with E-state index in [1.54, 1.807) is 0 Å². The standard InChI is InChI=1S/C16H10O8/c17-13(18)7-4-5-8(14(19)20)11(6-7)12-9(15(21)22)2-1-3-10(12)16(23)24/h1-6H,(H,17,18)(H,19,20)(H,21,22)(H,23,24). The lowest BCUT2D eigenvalue weighted by Crippen LogP contribution is -2.10. The predicted molar refractivity (Wildman–Crippen MR) is 79.7 cm³/mol. The second kappa shape index (κ2) is 6.21. The Morgan fingerprint density at radius 3 is 1.54 bits per heavy atom. The third-order valence-corrected chi connectivity index (χ3v) is 3.29. The van der Waals surface area contributed by atoms with Gasteiger partial charge in [-0.25, -0.2) is 19.2 Å². The van der Waals surface area contributed by atoms with Gasteiger partial charge in [-0.2, -0.15) is 0 Å². The summed E-state index contributed by atoms with van der Waals surface area (Å²) in [4.78, 5) is 45.3. The number of benzene rings is 2. The molecule has 0 saturated heterocycles. The fourth-order valence-corrected chi connectivity index (χ4v) is 2.27. The summed E-state index contributed by atoms with van der Waals surface area (Å²) in [6.45, 7) is 0. The predicted octanol–water partition coefficient (Wildman–Crippen LogP) is 2.15. The van der Waals surface area contributed by atoms with Crippen LogP contribution in [0.5, 0.6) is 0 Å². The van der Waals surface area contributed by atoms with Gasteiger partial charge in [-0.1, -0.05) is 6.07 Å². The topological polar surface area (TPSA) is 149 Å². The molecule has 0 aliphatic heterocycles. The fourth-order valence-electron chi connectivity index (χ4n) is 2.27. The van der Waals surface area contributed by atoms with E-state index >= 15 is 0 Å². The molecular weight excluding hydrogens is 320 g/mol. The molecular formula is C16H10O8. The molecule has 0 spiro atoms. The van der Waals surface area contributed by atoms with Crippen molar-refractivity contribution >= 4 is 23.9 Å². The lowest BCUT2D eigenvalue weighted by molar-refractivity contribution is 0.0679. The Hall–Kier alpha value is -3.68. The van der Waals surface area contributed by atoms with Crippen molar-refractivity contribution in [2.75, 3.05) is 0 Å². The zero-order valence-corrected chi connectivity index (χ0v) is 11.9. The van der Waals surface area contributed by atoms with Crippen molar-refractivity contribution in [1.29, 1.82) is 0 Å². The van der Waals surface area contributed by atoms with Gasteiger partial charge in [0.25, 0.3) is 0 Å². The largest absolute Gasteiger partial charge is 0.478 e. The Morgan fingerprint density at radius 1 is 0.625 bits per heavy atom. The zero-order valence-electron chi connectivity index (χ0n) is 11.9. The van der Waals surface area contributed by atoms with Crippen molar-refractivity contribution in [2.45, 2.75) is 0 Å². The van der Waals surface area contributed by atoms with Gasteiger partial charge in [0.15, 0.2) is 0 Å². The molecule has 0 bridgehead atoms. The van der Waals surface area contributed by atoms with Gasteiger partial charge in [0, 0.05) is 5.56 Å². The van der Waals surface area contributed by atoms with Crippen LogP contribution >= 0.6 is 0 Å². The Labute approximate surface area is 134 Å². The highest BCUT2D eigenvalue weighted by molar-refractivity contribution is 6.09. The number of rotatable bonds is 5. The van der Waals surface area contributed by atoms with Crippen molar-refractivity contribution in [3.05, 3.63) is 58.7 Å². The molecule has 0 amide bonds. The van der Waals surface area contributed by atoms with Crippen molar-refractivity contribution < 1.29 is 39.6 Å². The minimum absolute atomic E-state index is 0.294. The highest BCUT2D eigenvalue weighted by Gasteiger charge is 2.24. The maximum atomic E-state index is 11.4. The Morgan fingerprint density at radius 2 is 1.12 bits per heavy atom. The van der Waals surface area contributed by atoms with Gasteiger partial charge in [-0.3, -0.25) is 0 Å². The first kappa shape index (κ1) is 16.7. The molecule has 0 radical (unpaired) electrons. The highest BCUT2D eigenvalue weighted by Crippen LogP contribution is 2.32. The van der Waals surface area contributed by atoms with Gasteiger partial charge in [0.1, 0.15) is 0 Å². The number of hydrogen-bond donors (Lipinski definition) is 4. The summed E-state index contributed by atoms with van der Waals surface area (Å²) in [5, 5.41) is 36.9.